The van der Waals surface area contributed by atoms with Crippen LogP contribution in [0.25, 0.3) is 0 Å². The zero-order valence-electron chi connectivity index (χ0n) is 14.0. The molecule has 3 N–H and O–H groups in total. The molecule has 2 rings (SSSR count). The van der Waals surface area contributed by atoms with Crippen molar-refractivity contribution in [2.45, 2.75) is 13.8 Å². The van der Waals surface area contributed by atoms with E-state index in [9.17, 15) is 19.7 Å². The average Bonchev–Trinajstić information content (AvgIpc) is 2.56. The number of nitrogens with one attached hydrogen (secondary N) is 1. The van der Waals surface area contributed by atoms with Crippen LogP contribution in [0, 0.1) is 24.0 Å². The van der Waals surface area contributed by atoms with Crippen LogP contribution in [0.15, 0.2) is 30.3 Å². The number of non-ortho nitro benzene ring substituents is 1. The van der Waals surface area contributed by atoms with Gasteiger partial charge in [-0.05, 0) is 37.1 Å². The highest BCUT2D eigenvalue weighted by Crippen LogP contribution is 2.27. The van der Waals surface area contributed by atoms with Crippen LogP contribution < -0.4 is 11.1 Å². The number of benzene rings is 2. The summed E-state index contributed by atoms with van der Waals surface area (Å²) in [6, 6.07) is 6.93. The quantitative estimate of drug-likeness (QED) is 0.356. The van der Waals surface area contributed by atoms with Gasteiger partial charge in [-0.1, -0.05) is 17.7 Å². The van der Waals surface area contributed by atoms with Crippen molar-refractivity contribution in [1.82, 2.24) is 0 Å². The lowest BCUT2D eigenvalue weighted by molar-refractivity contribution is -0.384. The van der Waals surface area contributed by atoms with Gasteiger partial charge in [-0.3, -0.25) is 14.9 Å². The van der Waals surface area contributed by atoms with Crippen molar-refractivity contribution in [3.8, 4) is 0 Å². The van der Waals surface area contributed by atoms with Crippen LogP contribution in [0.4, 0.5) is 17.1 Å². The molecule has 0 radical (unpaired) electrons. The molecule has 8 nitrogen and oxygen atoms in total. The number of halogens is 1. The van der Waals surface area contributed by atoms with E-state index in [1.165, 1.54) is 12.1 Å². The van der Waals surface area contributed by atoms with Crippen LogP contribution in [-0.4, -0.2) is 23.4 Å². The van der Waals surface area contributed by atoms with Gasteiger partial charge in [0.15, 0.2) is 6.61 Å². The van der Waals surface area contributed by atoms with E-state index in [0.29, 0.717) is 10.7 Å². The van der Waals surface area contributed by atoms with Crippen molar-refractivity contribution in [1.29, 1.82) is 0 Å². The highest BCUT2D eigenvalue weighted by molar-refractivity contribution is 6.34. The van der Waals surface area contributed by atoms with Gasteiger partial charge in [-0.25, -0.2) is 4.79 Å². The number of nitro benzene ring substituents is 1. The molecule has 136 valence electrons. The van der Waals surface area contributed by atoms with Gasteiger partial charge < -0.3 is 15.8 Å². The number of hydrogen-bond donors (Lipinski definition) is 2. The van der Waals surface area contributed by atoms with Crippen molar-refractivity contribution in [3.63, 3.8) is 0 Å². The van der Waals surface area contributed by atoms with Crippen LogP contribution in [0.1, 0.15) is 21.5 Å². The molecule has 0 aliphatic heterocycles. The Morgan fingerprint density at radius 1 is 1.27 bits per heavy atom. The zero-order valence-corrected chi connectivity index (χ0v) is 14.8. The van der Waals surface area contributed by atoms with E-state index in [1.54, 1.807) is 13.0 Å². The smallest absolute Gasteiger partial charge is 0.341 e. The third kappa shape index (κ3) is 4.48. The number of nitro groups is 1. The Morgan fingerprint density at radius 2 is 1.96 bits per heavy atom. The molecule has 0 saturated carbocycles. The molecule has 0 spiro atoms. The van der Waals surface area contributed by atoms with E-state index in [2.05, 4.69) is 5.32 Å². The average molecular weight is 378 g/mol. The Kier molecular flexibility index (Phi) is 5.78. The van der Waals surface area contributed by atoms with Crippen LogP contribution in [0.5, 0.6) is 0 Å². The Bertz CT molecular complexity index is 875. The zero-order chi connectivity index (χ0) is 19.4. The van der Waals surface area contributed by atoms with E-state index in [-0.39, 0.29) is 16.9 Å². The van der Waals surface area contributed by atoms with Gasteiger partial charge in [-0.2, -0.15) is 0 Å². The molecule has 0 unspecified atom stereocenters. The molecule has 0 fully saturated rings. The summed E-state index contributed by atoms with van der Waals surface area (Å²) in [5, 5.41) is 13.7. The highest BCUT2D eigenvalue weighted by Gasteiger charge is 2.18. The van der Waals surface area contributed by atoms with Crippen molar-refractivity contribution in [2.24, 2.45) is 0 Å². The maximum atomic E-state index is 12.0. The van der Waals surface area contributed by atoms with Gasteiger partial charge >= 0.3 is 5.97 Å². The lowest BCUT2D eigenvalue weighted by Crippen LogP contribution is -2.22. The third-order valence-electron chi connectivity index (χ3n) is 3.50. The number of hydrogen-bond acceptors (Lipinski definition) is 6. The fourth-order valence-electron chi connectivity index (χ4n) is 2.29. The standard InChI is InChI=1S/C17H16ClN3O5/c1-9-5-10(2)16(13(18)6-9)20-15(22)8-26-17(23)12-7-11(21(24)25)3-4-14(12)19/h3-7H,8,19H2,1-2H3,(H,20,22). The van der Waals surface area contributed by atoms with Crippen molar-refractivity contribution < 1.29 is 19.2 Å². The molecule has 2 aromatic carbocycles. The minimum Gasteiger partial charge on any atom is -0.452 e. The molecule has 2 aromatic rings. The third-order valence-corrected chi connectivity index (χ3v) is 3.80. The Labute approximate surface area is 154 Å². The van der Waals surface area contributed by atoms with Crippen molar-refractivity contribution >= 4 is 40.5 Å². The van der Waals surface area contributed by atoms with E-state index in [0.717, 1.165) is 17.2 Å². The Hall–Kier alpha value is -3.13. The SMILES string of the molecule is Cc1cc(C)c(NC(=O)COC(=O)c2cc([N+](=O)[O-])ccc2N)c(Cl)c1. The molecule has 0 atom stereocenters. The van der Waals surface area contributed by atoms with Crippen LogP contribution in [0.3, 0.4) is 0 Å². The number of ether oxygens (including phenoxy) is 1. The number of nitrogens with two attached hydrogens (primary N) is 1. The second kappa shape index (κ2) is 7.83. The summed E-state index contributed by atoms with van der Waals surface area (Å²) in [5.74, 6) is -1.54. The number of esters is 1. The van der Waals surface area contributed by atoms with E-state index < -0.39 is 23.4 Å². The molecule has 1 amide bonds. The predicted molar refractivity (Wildman–Crippen MR) is 97.3 cm³/mol. The summed E-state index contributed by atoms with van der Waals surface area (Å²) in [5.41, 5.74) is 7.28. The number of nitrogens with zero attached hydrogens (tertiary/aromatic N) is 1. The predicted octanol–water partition coefficient (Wildman–Crippen LogP) is 3.24. The fourth-order valence-corrected chi connectivity index (χ4v) is 2.66. The van der Waals surface area contributed by atoms with Crippen LogP contribution in [0.2, 0.25) is 5.02 Å². The monoisotopic (exact) mass is 377 g/mol. The first kappa shape index (κ1) is 19.2. The topological polar surface area (TPSA) is 125 Å². The minimum atomic E-state index is -0.937. The lowest BCUT2D eigenvalue weighted by Gasteiger charge is -2.12. The molecule has 0 aliphatic rings. The lowest BCUT2D eigenvalue weighted by atomic mass is 10.1. The summed E-state index contributed by atoms with van der Waals surface area (Å²) in [4.78, 5) is 34.2. The largest absolute Gasteiger partial charge is 0.452 e. The molecule has 9 heteroatoms. The second-order valence-electron chi connectivity index (χ2n) is 5.59. The van der Waals surface area contributed by atoms with Crippen molar-refractivity contribution in [3.05, 3.63) is 62.2 Å². The van der Waals surface area contributed by atoms with Gasteiger partial charge in [0.2, 0.25) is 0 Å². The number of carbonyl (C=O) groups excluding carboxylic acids is 2. The molecule has 0 heterocycles. The van der Waals surface area contributed by atoms with E-state index in [1.807, 2.05) is 13.0 Å². The van der Waals surface area contributed by atoms with Gasteiger partial charge in [-0.15, -0.1) is 0 Å². The number of nitrogen functional groups attached to an aromatic ring is 1. The number of aryl methyl sites for hydroxylation is 2. The number of anilines is 2. The first-order valence-corrected chi connectivity index (χ1v) is 7.84. The highest BCUT2D eigenvalue weighted by atomic mass is 35.5. The van der Waals surface area contributed by atoms with Crippen molar-refractivity contribution in [2.75, 3.05) is 17.7 Å². The maximum Gasteiger partial charge on any atom is 0.341 e. The molecule has 0 saturated heterocycles. The van der Waals surface area contributed by atoms with Gasteiger partial charge in [0.25, 0.3) is 11.6 Å². The fraction of sp³-hybridized carbons (Fsp3) is 0.176. The first-order valence-electron chi connectivity index (χ1n) is 7.46. The Balaban J connectivity index is 2.05. The van der Waals surface area contributed by atoms with Crippen LogP contribution >= 0.6 is 11.6 Å². The van der Waals surface area contributed by atoms with E-state index >= 15 is 0 Å². The van der Waals surface area contributed by atoms with Crippen LogP contribution in [-0.2, 0) is 9.53 Å². The summed E-state index contributed by atoms with van der Waals surface area (Å²) in [6.45, 7) is 3.06. The number of amides is 1. The van der Waals surface area contributed by atoms with Gasteiger partial charge in [0.1, 0.15) is 0 Å². The molecule has 26 heavy (non-hydrogen) atoms. The Morgan fingerprint density at radius 3 is 2.58 bits per heavy atom. The minimum absolute atomic E-state index is 0.0124. The maximum absolute atomic E-state index is 12.0. The molecule has 0 aliphatic carbocycles. The molecule has 0 bridgehead atoms. The molecule has 0 aromatic heterocycles. The number of carbonyl (C=O) groups is 2. The number of rotatable bonds is 5. The normalized spacial score (nSPS) is 10.3. The molecular formula is C17H16ClN3O5. The summed E-state index contributed by atoms with van der Waals surface area (Å²) < 4.78 is 4.88. The van der Waals surface area contributed by atoms with E-state index in [4.69, 9.17) is 22.1 Å². The summed E-state index contributed by atoms with van der Waals surface area (Å²) in [7, 11) is 0. The van der Waals surface area contributed by atoms with Gasteiger partial charge in [0.05, 0.1) is 21.2 Å². The summed E-state index contributed by atoms with van der Waals surface area (Å²) in [6.07, 6.45) is 0. The second-order valence-corrected chi connectivity index (χ2v) is 6.00. The van der Waals surface area contributed by atoms with Gasteiger partial charge in [0, 0.05) is 17.8 Å². The first-order chi connectivity index (χ1) is 12.2. The molecular weight excluding hydrogens is 362 g/mol. The summed E-state index contributed by atoms with van der Waals surface area (Å²) >= 11 is 6.10.